The fourth-order valence-corrected chi connectivity index (χ4v) is 2.69. The molecule has 3 N–H and O–H groups in total. The lowest BCUT2D eigenvalue weighted by Crippen LogP contribution is -2.51. The summed E-state index contributed by atoms with van der Waals surface area (Å²) in [5.74, 6) is 0. The largest absolute Gasteiger partial charge is 0.381 e. The molecule has 0 radical (unpaired) electrons. The summed E-state index contributed by atoms with van der Waals surface area (Å²) in [7, 11) is 0. The van der Waals surface area contributed by atoms with Crippen LogP contribution in [0.15, 0.2) is 23.0 Å². The second-order valence-electron chi connectivity index (χ2n) is 5.64. The van der Waals surface area contributed by atoms with Crippen molar-refractivity contribution in [1.29, 1.82) is 5.26 Å². The van der Waals surface area contributed by atoms with Crippen molar-refractivity contribution in [2.75, 3.05) is 31.6 Å². The molecule has 0 amide bonds. The molecule has 1 aliphatic rings. The second kappa shape index (κ2) is 8.15. The summed E-state index contributed by atoms with van der Waals surface area (Å²) in [6.07, 6.45) is 0.793. The number of benzene rings is 1. The van der Waals surface area contributed by atoms with Crippen LogP contribution in [0.25, 0.3) is 10.9 Å². The highest BCUT2D eigenvalue weighted by Crippen LogP contribution is 2.25. The predicted molar refractivity (Wildman–Crippen MR) is 97.0 cm³/mol. The van der Waals surface area contributed by atoms with Gasteiger partial charge < -0.3 is 20.4 Å². The van der Waals surface area contributed by atoms with Gasteiger partial charge in [0.15, 0.2) is 0 Å². The first-order chi connectivity index (χ1) is 11.2. The van der Waals surface area contributed by atoms with Crippen molar-refractivity contribution in [3.8, 4) is 6.07 Å². The third kappa shape index (κ3) is 3.70. The van der Waals surface area contributed by atoms with Crippen LogP contribution in [0.1, 0.15) is 18.1 Å². The number of H-pyrrole nitrogens is 1. The number of hydrogen-bond acceptors (Lipinski definition) is 5. The number of aromatic amines is 1. The number of nitriles is 1. The molecule has 3 rings (SSSR count). The number of halogens is 1. The van der Waals surface area contributed by atoms with Gasteiger partial charge in [0.2, 0.25) is 0 Å². The minimum absolute atomic E-state index is 0. The number of fused-ring (bicyclic) bond motifs is 1. The standard InChI is InChI=1S/C17H20N4O2.ClH/c1-2-23-6-5-11-3-4-13-15(7-11)21-17(22)14(8-18)16(13)20-12-9-19-10-12;/h3-4,7,12,19H,2,5-6,9-10H2,1H3,(H2,20,21,22);1H. The van der Waals surface area contributed by atoms with Crippen molar-refractivity contribution in [2.45, 2.75) is 19.4 Å². The molecule has 0 aliphatic carbocycles. The molecule has 2 aromatic rings. The van der Waals surface area contributed by atoms with Crippen LogP contribution in [0.2, 0.25) is 0 Å². The fourth-order valence-electron chi connectivity index (χ4n) is 2.69. The number of anilines is 1. The molecule has 24 heavy (non-hydrogen) atoms. The summed E-state index contributed by atoms with van der Waals surface area (Å²) in [4.78, 5) is 15.0. The van der Waals surface area contributed by atoms with Crippen LogP contribution in [-0.4, -0.2) is 37.3 Å². The Hall–Kier alpha value is -2.07. The van der Waals surface area contributed by atoms with E-state index in [2.05, 4.69) is 15.6 Å². The Labute approximate surface area is 146 Å². The number of pyridine rings is 1. The van der Waals surface area contributed by atoms with Gasteiger partial charge in [0.25, 0.3) is 5.56 Å². The van der Waals surface area contributed by atoms with E-state index in [0.717, 1.165) is 36.0 Å². The number of ether oxygens (including phenoxy) is 1. The lowest BCUT2D eigenvalue weighted by Gasteiger charge is -2.29. The molecule has 0 spiro atoms. The van der Waals surface area contributed by atoms with Crippen molar-refractivity contribution < 1.29 is 4.74 Å². The summed E-state index contributed by atoms with van der Waals surface area (Å²) in [5.41, 5.74) is 2.28. The minimum Gasteiger partial charge on any atom is -0.381 e. The van der Waals surface area contributed by atoms with Gasteiger partial charge >= 0.3 is 0 Å². The number of hydrogen-bond donors (Lipinski definition) is 3. The molecular formula is C17H21ClN4O2. The van der Waals surface area contributed by atoms with Crippen LogP contribution in [-0.2, 0) is 11.2 Å². The quantitative estimate of drug-likeness (QED) is 0.692. The van der Waals surface area contributed by atoms with Crippen LogP contribution in [0.5, 0.6) is 0 Å². The molecule has 6 nitrogen and oxygen atoms in total. The third-order valence-corrected chi connectivity index (χ3v) is 4.06. The zero-order chi connectivity index (χ0) is 16.2. The van der Waals surface area contributed by atoms with Crippen LogP contribution < -0.4 is 16.2 Å². The zero-order valence-corrected chi connectivity index (χ0v) is 14.3. The van der Waals surface area contributed by atoms with Crippen molar-refractivity contribution in [3.05, 3.63) is 39.7 Å². The summed E-state index contributed by atoms with van der Waals surface area (Å²) in [6, 6.07) is 8.21. The van der Waals surface area contributed by atoms with Gasteiger partial charge in [-0.25, -0.2) is 0 Å². The maximum Gasteiger partial charge on any atom is 0.268 e. The van der Waals surface area contributed by atoms with Gasteiger partial charge in [-0.05, 0) is 25.0 Å². The van der Waals surface area contributed by atoms with E-state index in [9.17, 15) is 10.1 Å². The maximum atomic E-state index is 12.2. The SMILES string of the molecule is CCOCCc1ccc2c(NC3CNC3)c(C#N)c(=O)[nH]c2c1.Cl. The van der Waals surface area contributed by atoms with E-state index >= 15 is 0 Å². The normalized spacial score (nSPS) is 13.8. The van der Waals surface area contributed by atoms with Crippen molar-refractivity contribution >= 4 is 29.0 Å². The first-order valence-corrected chi connectivity index (χ1v) is 7.87. The topological polar surface area (TPSA) is 89.9 Å². The Bertz CT molecular complexity index is 809. The van der Waals surface area contributed by atoms with E-state index in [-0.39, 0.29) is 29.6 Å². The van der Waals surface area contributed by atoms with E-state index in [1.807, 2.05) is 31.2 Å². The Balaban J connectivity index is 0.00000208. The van der Waals surface area contributed by atoms with Crippen molar-refractivity contribution in [2.24, 2.45) is 0 Å². The van der Waals surface area contributed by atoms with Gasteiger partial charge in [0, 0.05) is 25.1 Å². The molecule has 7 heteroatoms. The van der Waals surface area contributed by atoms with Gasteiger partial charge in [0.1, 0.15) is 11.6 Å². The van der Waals surface area contributed by atoms with Gasteiger partial charge in [0.05, 0.1) is 23.9 Å². The zero-order valence-electron chi connectivity index (χ0n) is 13.5. The molecule has 1 saturated heterocycles. The average Bonchev–Trinajstić information content (AvgIpc) is 2.50. The Kier molecular flexibility index (Phi) is 6.21. The number of nitrogens with zero attached hydrogens (tertiary/aromatic N) is 1. The highest BCUT2D eigenvalue weighted by molar-refractivity contribution is 5.94. The van der Waals surface area contributed by atoms with Gasteiger partial charge in [-0.15, -0.1) is 12.4 Å². The van der Waals surface area contributed by atoms with Crippen LogP contribution >= 0.6 is 12.4 Å². The number of nitrogens with one attached hydrogen (secondary N) is 3. The lowest BCUT2D eigenvalue weighted by atomic mass is 10.0. The van der Waals surface area contributed by atoms with E-state index in [1.165, 1.54) is 0 Å². The molecule has 1 fully saturated rings. The van der Waals surface area contributed by atoms with E-state index in [1.54, 1.807) is 0 Å². The molecule has 0 atom stereocenters. The van der Waals surface area contributed by atoms with Crippen molar-refractivity contribution in [1.82, 2.24) is 10.3 Å². The van der Waals surface area contributed by atoms with E-state index in [0.29, 0.717) is 18.9 Å². The molecule has 1 aliphatic heterocycles. The monoisotopic (exact) mass is 348 g/mol. The molecule has 0 bridgehead atoms. The second-order valence-corrected chi connectivity index (χ2v) is 5.64. The minimum atomic E-state index is -0.350. The number of rotatable bonds is 6. The highest BCUT2D eigenvalue weighted by atomic mass is 35.5. The summed E-state index contributed by atoms with van der Waals surface area (Å²) < 4.78 is 5.37. The van der Waals surface area contributed by atoms with Crippen LogP contribution in [0, 0.1) is 11.3 Å². The number of aromatic nitrogens is 1. The molecule has 2 heterocycles. The summed E-state index contributed by atoms with van der Waals surface area (Å²) in [6.45, 7) is 4.99. The fraction of sp³-hybridized carbons (Fsp3) is 0.412. The highest BCUT2D eigenvalue weighted by Gasteiger charge is 2.20. The van der Waals surface area contributed by atoms with Gasteiger partial charge in [-0.1, -0.05) is 12.1 Å². The van der Waals surface area contributed by atoms with Crippen LogP contribution in [0.3, 0.4) is 0 Å². The Morgan fingerprint density at radius 2 is 2.21 bits per heavy atom. The summed E-state index contributed by atoms with van der Waals surface area (Å²) >= 11 is 0. The molecular weight excluding hydrogens is 328 g/mol. The summed E-state index contributed by atoms with van der Waals surface area (Å²) in [5, 5.41) is 16.7. The van der Waals surface area contributed by atoms with Gasteiger partial charge in [-0.3, -0.25) is 4.79 Å². The molecule has 1 aromatic carbocycles. The molecule has 0 unspecified atom stereocenters. The van der Waals surface area contributed by atoms with Crippen LogP contribution in [0.4, 0.5) is 5.69 Å². The van der Waals surface area contributed by atoms with E-state index < -0.39 is 0 Å². The Morgan fingerprint density at radius 3 is 2.83 bits per heavy atom. The van der Waals surface area contributed by atoms with Gasteiger partial charge in [-0.2, -0.15) is 5.26 Å². The molecule has 0 saturated carbocycles. The first-order valence-electron chi connectivity index (χ1n) is 7.87. The van der Waals surface area contributed by atoms with E-state index in [4.69, 9.17) is 4.74 Å². The first kappa shape index (κ1) is 18.3. The Morgan fingerprint density at radius 1 is 1.42 bits per heavy atom. The average molecular weight is 349 g/mol. The van der Waals surface area contributed by atoms with Crippen molar-refractivity contribution in [3.63, 3.8) is 0 Å². The molecule has 1 aromatic heterocycles. The lowest BCUT2D eigenvalue weighted by molar-refractivity contribution is 0.151. The predicted octanol–water partition coefficient (Wildman–Crippen LogP) is 1.78. The smallest absolute Gasteiger partial charge is 0.268 e. The molecule has 128 valence electrons. The third-order valence-electron chi connectivity index (χ3n) is 4.06. The maximum absolute atomic E-state index is 12.2.